The number of carbonyl (C=O) groups excluding carboxylic acids is 1. The maximum atomic E-state index is 12.6. The molecule has 9 heteroatoms. The fraction of sp³-hybridized carbons (Fsp3) is 0.423. The Labute approximate surface area is 227 Å². The molecule has 0 unspecified atom stereocenters. The Kier molecular flexibility index (Phi) is 8.01. The molecule has 35 heavy (non-hydrogen) atoms. The van der Waals surface area contributed by atoms with Crippen LogP contribution in [0.5, 0.6) is 11.5 Å². The molecular formula is C26H28ClIN2O4S. The molecule has 4 rings (SSSR count). The van der Waals surface area contributed by atoms with Crippen LogP contribution in [0.25, 0.3) is 11.1 Å². The smallest absolute Gasteiger partial charge is 0.410 e. The van der Waals surface area contributed by atoms with Crippen molar-refractivity contribution in [1.82, 2.24) is 9.80 Å². The van der Waals surface area contributed by atoms with Crippen LogP contribution in [-0.4, -0.2) is 58.9 Å². The van der Waals surface area contributed by atoms with E-state index >= 15 is 0 Å². The van der Waals surface area contributed by atoms with Crippen LogP contribution in [0.15, 0.2) is 24.3 Å². The fourth-order valence-corrected chi connectivity index (χ4v) is 5.33. The molecule has 1 atom stereocenters. The largest absolute Gasteiger partial charge is 0.507 e. The van der Waals surface area contributed by atoms with E-state index in [9.17, 15) is 9.90 Å². The fourth-order valence-electron chi connectivity index (χ4n) is 4.59. The summed E-state index contributed by atoms with van der Waals surface area (Å²) >= 11 is 8.68. The second-order valence-corrected chi connectivity index (χ2v) is 11.8. The van der Waals surface area contributed by atoms with Crippen molar-refractivity contribution in [2.75, 3.05) is 26.2 Å². The molecule has 2 aromatic carbocycles. The van der Waals surface area contributed by atoms with Gasteiger partial charge in [-0.3, -0.25) is 4.90 Å². The number of nitrogens with zero attached hydrogens (tertiary/aromatic N) is 2. The highest BCUT2D eigenvalue weighted by Crippen LogP contribution is 2.44. The highest BCUT2D eigenvalue weighted by molar-refractivity contribution is 14.2. The number of fused-ring (bicyclic) bond motifs is 2. The van der Waals surface area contributed by atoms with Crippen LogP contribution < -0.4 is 4.74 Å². The first-order chi connectivity index (χ1) is 16.6. The van der Waals surface area contributed by atoms with E-state index < -0.39 is 5.60 Å². The first kappa shape index (κ1) is 26.3. The molecule has 0 aromatic heterocycles. The van der Waals surface area contributed by atoms with E-state index in [2.05, 4.69) is 37.3 Å². The van der Waals surface area contributed by atoms with E-state index in [-0.39, 0.29) is 17.9 Å². The van der Waals surface area contributed by atoms with Crippen molar-refractivity contribution in [3.8, 4) is 33.8 Å². The summed E-state index contributed by atoms with van der Waals surface area (Å²) in [4.78, 5) is 16.8. The Balaban J connectivity index is 1.70. The molecule has 1 N–H and O–H groups in total. The Morgan fingerprint density at radius 1 is 1.31 bits per heavy atom. The average molecular weight is 627 g/mol. The number of benzene rings is 2. The average Bonchev–Trinajstić information content (AvgIpc) is 2.96. The monoisotopic (exact) mass is 626 g/mol. The van der Waals surface area contributed by atoms with Gasteiger partial charge < -0.3 is 19.5 Å². The van der Waals surface area contributed by atoms with Crippen molar-refractivity contribution < 1.29 is 19.4 Å². The summed E-state index contributed by atoms with van der Waals surface area (Å²) < 4.78 is 12.0. The SMILES string of the molecule is Cc1c2c(cc(C#CSI)c1-c1c(O)cccc1Cl)CN1CCN(C(=O)OC(C)(C)C)C[C@@H]1CO2. The molecule has 0 bridgehead atoms. The molecule has 2 aliphatic rings. The number of rotatable bonds is 1. The Bertz CT molecular complexity index is 1180. The van der Waals surface area contributed by atoms with Crippen LogP contribution in [0.3, 0.4) is 0 Å². The van der Waals surface area contributed by atoms with Gasteiger partial charge in [0.25, 0.3) is 0 Å². The first-order valence-corrected chi connectivity index (χ1v) is 15.1. The number of carbonyl (C=O) groups is 1. The van der Waals surface area contributed by atoms with Crippen LogP contribution in [0.4, 0.5) is 4.79 Å². The number of phenols is 1. The molecule has 6 nitrogen and oxygen atoms in total. The molecular weight excluding hydrogens is 599 g/mol. The van der Waals surface area contributed by atoms with Gasteiger partial charge in [-0.2, -0.15) is 0 Å². The second-order valence-electron chi connectivity index (χ2n) is 9.71. The second kappa shape index (κ2) is 10.7. The zero-order valence-electron chi connectivity index (χ0n) is 20.2. The highest BCUT2D eigenvalue weighted by Gasteiger charge is 2.35. The van der Waals surface area contributed by atoms with E-state index in [4.69, 9.17) is 21.1 Å². The molecule has 1 fully saturated rings. The van der Waals surface area contributed by atoms with Crippen molar-refractivity contribution in [3.63, 3.8) is 0 Å². The lowest BCUT2D eigenvalue weighted by Gasteiger charge is -2.40. The normalized spacial score (nSPS) is 17.9. The Morgan fingerprint density at radius 3 is 2.77 bits per heavy atom. The number of ether oxygens (including phenoxy) is 2. The molecule has 2 aromatic rings. The lowest BCUT2D eigenvalue weighted by Crippen LogP contribution is -2.56. The summed E-state index contributed by atoms with van der Waals surface area (Å²) in [6, 6.07) is 7.20. The molecule has 0 radical (unpaired) electrons. The molecule has 0 saturated carbocycles. The number of amides is 1. The van der Waals surface area contributed by atoms with Crippen molar-refractivity contribution >= 4 is 47.8 Å². The quantitative estimate of drug-likeness (QED) is 0.299. The number of halogens is 2. The highest BCUT2D eigenvalue weighted by atomic mass is 127. The van der Waals surface area contributed by atoms with Crippen molar-refractivity contribution in [2.24, 2.45) is 0 Å². The third kappa shape index (κ3) is 5.79. The number of phenolic OH excluding ortho intramolecular Hbond substituents is 1. The first-order valence-electron chi connectivity index (χ1n) is 11.4. The summed E-state index contributed by atoms with van der Waals surface area (Å²) in [6.45, 7) is 10.6. The topological polar surface area (TPSA) is 62.2 Å². The van der Waals surface area contributed by atoms with Crippen LogP contribution in [0.2, 0.25) is 5.02 Å². The van der Waals surface area contributed by atoms with Gasteiger partial charge in [0.15, 0.2) is 0 Å². The van der Waals surface area contributed by atoms with Crippen LogP contribution >= 0.6 is 41.7 Å². The molecule has 1 saturated heterocycles. The lowest BCUT2D eigenvalue weighted by atomic mass is 9.91. The Morgan fingerprint density at radius 2 is 2.09 bits per heavy atom. The molecule has 2 aliphatic heterocycles. The predicted octanol–water partition coefficient (Wildman–Crippen LogP) is 6.23. The van der Waals surface area contributed by atoms with Gasteiger partial charge in [0.2, 0.25) is 0 Å². The van der Waals surface area contributed by atoms with Gasteiger partial charge in [0.05, 0.1) is 11.1 Å². The molecule has 1 amide bonds. The maximum absolute atomic E-state index is 12.6. The summed E-state index contributed by atoms with van der Waals surface area (Å²) in [7, 11) is 1.40. The van der Waals surface area contributed by atoms with Gasteiger partial charge in [-0.05, 0) is 60.1 Å². The van der Waals surface area contributed by atoms with Crippen molar-refractivity contribution in [2.45, 2.75) is 45.9 Å². The molecule has 0 spiro atoms. The molecule has 0 aliphatic carbocycles. The number of piperazine rings is 1. The van der Waals surface area contributed by atoms with E-state index in [0.29, 0.717) is 36.8 Å². The zero-order valence-corrected chi connectivity index (χ0v) is 23.9. The van der Waals surface area contributed by atoms with Crippen LogP contribution in [0.1, 0.15) is 37.5 Å². The lowest BCUT2D eigenvalue weighted by molar-refractivity contribution is -0.00156. The van der Waals surface area contributed by atoms with E-state index in [0.717, 1.165) is 34.5 Å². The minimum atomic E-state index is -0.532. The standard InChI is InChI=1S/C26H28ClIN2O4S/c1-16-22(23-20(27)6-5-7-21(23)31)17(8-11-35-28)12-18-13-29-9-10-30(25(32)34-26(2,3)4)14-19(29)15-33-24(16)18/h5-7,12,19,31H,9-10,13-15H2,1-4H3/t19-/m1/s1. The van der Waals surface area contributed by atoms with Crippen molar-refractivity contribution in [3.05, 3.63) is 46.0 Å². The number of hydrogen-bond donors (Lipinski definition) is 1. The van der Waals surface area contributed by atoms with E-state index in [1.807, 2.05) is 33.8 Å². The van der Waals surface area contributed by atoms with Crippen molar-refractivity contribution in [1.29, 1.82) is 0 Å². The minimum Gasteiger partial charge on any atom is -0.507 e. The summed E-state index contributed by atoms with van der Waals surface area (Å²) in [6.07, 6.45) is -0.291. The number of aromatic hydroxyl groups is 1. The van der Waals surface area contributed by atoms with Gasteiger partial charge in [0, 0.05) is 75.2 Å². The summed E-state index contributed by atoms with van der Waals surface area (Å²) in [5.74, 6) is 4.12. The molecule has 186 valence electrons. The summed E-state index contributed by atoms with van der Waals surface area (Å²) in [5, 5.41) is 14.2. The zero-order chi connectivity index (χ0) is 25.3. The predicted molar refractivity (Wildman–Crippen MR) is 149 cm³/mol. The minimum absolute atomic E-state index is 0.0414. The third-order valence-electron chi connectivity index (χ3n) is 6.11. The van der Waals surface area contributed by atoms with Gasteiger partial charge in [0.1, 0.15) is 23.7 Å². The van der Waals surface area contributed by atoms with E-state index in [1.54, 1.807) is 23.1 Å². The van der Waals surface area contributed by atoms with Crippen LogP contribution in [0, 0.1) is 18.1 Å². The van der Waals surface area contributed by atoms with Gasteiger partial charge in [-0.15, -0.1) is 0 Å². The van der Waals surface area contributed by atoms with E-state index in [1.165, 1.54) is 8.93 Å². The molecule has 2 heterocycles. The van der Waals surface area contributed by atoms with Crippen LogP contribution in [-0.2, 0) is 11.3 Å². The Hall–Kier alpha value is -1.80. The summed E-state index contributed by atoms with van der Waals surface area (Å²) in [5.41, 5.74) is 3.52. The van der Waals surface area contributed by atoms with Gasteiger partial charge in [-0.25, -0.2) is 4.79 Å². The maximum Gasteiger partial charge on any atom is 0.410 e. The number of hydrogen-bond acceptors (Lipinski definition) is 6. The van der Waals surface area contributed by atoms with Gasteiger partial charge in [-0.1, -0.05) is 23.6 Å². The van der Waals surface area contributed by atoms with Gasteiger partial charge >= 0.3 is 6.09 Å². The third-order valence-corrected chi connectivity index (χ3v) is 7.27.